The number of aromatic nitrogens is 1. The van der Waals surface area contributed by atoms with Crippen molar-refractivity contribution in [1.82, 2.24) is 14.8 Å². The summed E-state index contributed by atoms with van der Waals surface area (Å²) in [6.07, 6.45) is 2.94. The van der Waals surface area contributed by atoms with Gasteiger partial charge in [-0.3, -0.25) is 19.6 Å². The number of rotatable bonds is 10. The summed E-state index contributed by atoms with van der Waals surface area (Å²) >= 11 is 0. The van der Waals surface area contributed by atoms with Crippen molar-refractivity contribution >= 4 is 16.9 Å². The van der Waals surface area contributed by atoms with Gasteiger partial charge in [0, 0.05) is 37.3 Å². The number of piperidine rings is 1. The largest absolute Gasteiger partial charge is 0.497 e. The fraction of sp³-hybridized carbons (Fsp3) is 0.471. The highest BCUT2D eigenvalue weighted by Crippen LogP contribution is 2.42. The second-order valence-corrected chi connectivity index (χ2v) is 11.9. The lowest BCUT2D eigenvalue weighted by Gasteiger charge is -2.41. The molecular formula is C34H38F3N3O5. The number of morpholine rings is 1. The quantitative estimate of drug-likeness (QED) is 0.243. The molecule has 45 heavy (non-hydrogen) atoms. The molecule has 2 aliphatic rings. The van der Waals surface area contributed by atoms with Gasteiger partial charge in [-0.2, -0.15) is 0 Å². The number of likely N-dealkylation sites (tertiary alicyclic amines) is 1. The van der Waals surface area contributed by atoms with E-state index >= 15 is 0 Å². The van der Waals surface area contributed by atoms with Gasteiger partial charge >= 0.3 is 5.97 Å². The number of aliphatic carboxylic acids is 1. The zero-order valence-corrected chi connectivity index (χ0v) is 25.3. The molecule has 0 unspecified atom stereocenters. The highest BCUT2D eigenvalue weighted by molar-refractivity contribution is 5.85. The van der Waals surface area contributed by atoms with Crippen LogP contribution in [0.25, 0.3) is 10.9 Å². The second kappa shape index (κ2) is 14.6. The minimum Gasteiger partial charge on any atom is -0.497 e. The highest BCUT2D eigenvalue weighted by atomic mass is 19.2. The third kappa shape index (κ3) is 8.13. The third-order valence-corrected chi connectivity index (χ3v) is 8.94. The third-order valence-electron chi connectivity index (χ3n) is 8.94. The van der Waals surface area contributed by atoms with Crippen LogP contribution in [-0.2, 0) is 16.1 Å². The lowest BCUT2D eigenvalue weighted by atomic mass is 9.71. The highest BCUT2D eigenvalue weighted by Gasteiger charge is 2.37. The van der Waals surface area contributed by atoms with Crippen LogP contribution < -0.4 is 4.74 Å². The predicted octanol–water partition coefficient (Wildman–Crippen LogP) is 4.92. The smallest absolute Gasteiger partial charge is 0.303 e. The number of benzene rings is 2. The Morgan fingerprint density at radius 1 is 1.11 bits per heavy atom. The summed E-state index contributed by atoms with van der Waals surface area (Å²) in [4.78, 5) is 20.9. The van der Waals surface area contributed by atoms with E-state index in [9.17, 15) is 28.2 Å². The van der Waals surface area contributed by atoms with Gasteiger partial charge in [0.1, 0.15) is 11.6 Å². The van der Waals surface area contributed by atoms with Gasteiger partial charge in [-0.25, -0.2) is 13.2 Å². The minimum absolute atomic E-state index is 0.0292. The van der Waals surface area contributed by atoms with E-state index in [1.165, 1.54) is 0 Å². The molecule has 0 aliphatic carbocycles. The van der Waals surface area contributed by atoms with Crippen molar-refractivity contribution in [3.05, 3.63) is 70.7 Å². The first kappa shape index (κ1) is 32.7. The van der Waals surface area contributed by atoms with E-state index in [4.69, 9.17) is 9.47 Å². The predicted molar refractivity (Wildman–Crippen MR) is 162 cm³/mol. The molecule has 0 spiro atoms. The first-order valence-corrected chi connectivity index (χ1v) is 15.2. The summed E-state index contributed by atoms with van der Waals surface area (Å²) in [5.41, 5.74) is 1.57. The number of nitrogens with zero attached hydrogens (tertiary/aromatic N) is 3. The lowest BCUT2D eigenvalue weighted by Crippen LogP contribution is -2.41. The Morgan fingerprint density at radius 2 is 1.87 bits per heavy atom. The summed E-state index contributed by atoms with van der Waals surface area (Å²) in [6, 6.07) is 6.93. The van der Waals surface area contributed by atoms with Crippen molar-refractivity contribution < 1.29 is 37.7 Å². The van der Waals surface area contributed by atoms with Crippen LogP contribution >= 0.6 is 0 Å². The van der Waals surface area contributed by atoms with Crippen LogP contribution in [0, 0.1) is 34.7 Å². The molecule has 0 saturated carbocycles. The molecule has 2 fully saturated rings. The zero-order chi connectivity index (χ0) is 32.0. The summed E-state index contributed by atoms with van der Waals surface area (Å²) in [5.74, 6) is 1.69. The van der Waals surface area contributed by atoms with E-state index in [0.29, 0.717) is 70.3 Å². The van der Waals surface area contributed by atoms with Crippen molar-refractivity contribution in [3.63, 3.8) is 0 Å². The summed E-state index contributed by atoms with van der Waals surface area (Å²) in [5, 5.41) is 22.4. The number of ether oxygens (including phenoxy) is 2. The van der Waals surface area contributed by atoms with Gasteiger partial charge < -0.3 is 19.7 Å². The molecule has 11 heteroatoms. The zero-order valence-electron chi connectivity index (χ0n) is 25.3. The van der Waals surface area contributed by atoms with Crippen molar-refractivity contribution in [3.8, 4) is 17.6 Å². The molecule has 0 amide bonds. The number of carboxylic acids is 1. The maximum Gasteiger partial charge on any atom is 0.303 e. The Labute approximate surface area is 260 Å². The fourth-order valence-corrected chi connectivity index (χ4v) is 6.38. The van der Waals surface area contributed by atoms with Crippen molar-refractivity contribution in [2.24, 2.45) is 5.41 Å². The van der Waals surface area contributed by atoms with Gasteiger partial charge in [0.25, 0.3) is 0 Å². The van der Waals surface area contributed by atoms with Gasteiger partial charge in [-0.05, 0) is 79.6 Å². The number of carbonyl (C=O) groups is 1. The normalized spacial score (nSPS) is 17.9. The standard InChI is InChI=1S/C34H38F3N3O5/c1-44-26-4-5-29-27(19-26)32(24(21-38-29)22-40-13-15-45-16-14-40)30(41)6-7-34(20-31(42)43)8-11-39(12-9-34)10-2-3-23-17-25(35)18-28(36)33(23)37/h4-5,17-19,21,30,41H,6-16,20,22H2,1H3,(H,42,43)/t30-/m1/s1. The summed E-state index contributed by atoms with van der Waals surface area (Å²) < 4.78 is 51.9. The van der Waals surface area contributed by atoms with Gasteiger partial charge in [-0.15, -0.1) is 0 Å². The van der Waals surface area contributed by atoms with Gasteiger partial charge in [0.2, 0.25) is 0 Å². The van der Waals surface area contributed by atoms with E-state index in [1.54, 1.807) is 7.11 Å². The Morgan fingerprint density at radius 3 is 2.58 bits per heavy atom. The van der Waals surface area contributed by atoms with Gasteiger partial charge in [0.15, 0.2) is 11.6 Å². The number of pyridine rings is 1. The van der Waals surface area contributed by atoms with Crippen molar-refractivity contribution in [2.45, 2.75) is 44.8 Å². The second-order valence-electron chi connectivity index (χ2n) is 11.9. The molecule has 2 aromatic carbocycles. The molecule has 2 saturated heterocycles. The average Bonchev–Trinajstić information content (AvgIpc) is 3.03. The maximum atomic E-state index is 14.0. The van der Waals surface area contributed by atoms with Crippen LogP contribution in [0.15, 0.2) is 36.5 Å². The summed E-state index contributed by atoms with van der Waals surface area (Å²) in [7, 11) is 1.59. The molecule has 0 bridgehead atoms. The van der Waals surface area contributed by atoms with Crippen LogP contribution in [0.5, 0.6) is 5.75 Å². The Kier molecular flexibility index (Phi) is 10.6. The Balaban J connectivity index is 1.30. The fourth-order valence-electron chi connectivity index (χ4n) is 6.38. The monoisotopic (exact) mass is 625 g/mol. The van der Waals surface area contributed by atoms with Crippen molar-refractivity contribution in [1.29, 1.82) is 0 Å². The number of fused-ring (bicyclic) bond motifs is 1. The maximum absolute atomic E-state index is 14.0. The lowest BCUT2D eigenvalue weighted by molar-refractivity contribution is -0.141. The molecule has 5 rings (SSSR count). The van der Waals surface area contributed by atoms with Gasteiger partial charge in [0.05, 0.1) is 50.5 Å². The molecule has 3 heterocycles. The molecule has 240 valence electrons. The molecule has 8 nitrogen and oxygen atoms in total. The molecule has 3 aromatic rings. The van der Waals surface area contributed by atoms with Crippen LogP contribution in [0.3, 0.4) is 0 Å². The number of hydrogen-bond acceptors (Lipinski definition) is 7. The van der Waals surface area contributed by atoms with Crippen LogP contribution in [0.1, 0.15) is 54.9 Å². The van der Waals surface area contributed by atoms with E-state index in [0.717, 1.165) is 41.2 Å². The number of halogens is 3. The Hall–Kier alpha value is -3.69. The van der Waals surface area contributed by atoms with Crippen molar-refractivity contribution in [2.75, 3.05) is 53.0 Å². The topological polar surface area (TPSA) is 95.4 Å². The molecule has 2 N–H and O–H groups in total. The van der Waals surface area contributed by atoms with E-state index in [1.807, 2.05) is 29.3 Å². The van der Waals surface area contributed by atoms with Gasteiger partial charge in [-0.1, -0.05) is 11.8 Å². The van der Waals surface area contributed by atoms with Crippen LogP contribution in [0.2, 0.25) is 0 Å². The first-order chi connectivity index (χ1) is 21.7. The number of methoxy groups -OCH3 is 1. The molecule has 0 radical (unpaired) electrons. The number of aliphatic hydroxyl groups excluding tert-OH is 1. The minimum atomic E-state index is -1.29. The Bertz CT molecular complexity index is 1580. The molecular weight excluding hydrogens is 587 g/mol. The number of hydrogen-bond donors (Lipinski definition) is 2. The van der Waals surface area contributed by atoms with Crippen LogP contribution in [0.4, 0.5) is 13.2 Å². The molecule has 1 aromatic heterocycles. The number of aliphatic hydroxyl groups is 1. The molecule has 2 aliphatic heterocycles. The summed E-state index contributed by atoms with van der Waals surface area (Å²) in [6.45, 7) is 4.81. The average molecular weight is 626 g/mol. The van der Waals surface area contributed by atoms with E-state index in [2.05, 4.69) is 21.7 Å². The first-order valence-electron chi connectivity index (χ1n) is 15.2. The van der Waals surface area contributed by atoms with E-state index in [-0.39, 0.29) is 18.5 Å². The number of carboxylic acid groups (broad SMARTS) is 1. The van der Waals surface area contributed by atoms with Crippen LogP contribution in [-0.4, -0.2) is 84.0 Å². The SMILES string of the molecule is COc1ccc2ncc(CN3CCOCC3)c([C@H](O)CCC3(CC(=O)O)CCN(CC#Cc4cc(F)cc(F)c4F)CC3)c2c1. The molecule has 1 atom stereocenters. The van der Waals surface area contributed by atoms with E-state index < -0.39 is 34.9 Å².